The fourth-order valence-corrected chi connectivity index (χ4v) is 3.44. The number of benzene rings is 1. The smallest absolute Gasteiger partial charge is 0.423 e. The number of carboxylic acid groups (broad SMARTS) is 1. The molecule has 10 heteroatoms. The highest BCUT2D eigenvalue weighted by molar-refractivity contribution is 5.73. The van der Waals surface area contributed by atoms with Gasteiger partial charge in [0.25, 0.3) is 0 Å². The summed E-state index contributed by atoms with van der Waals surface area (Å²) in [5.74, 6) is -1.96. The predicted molar refractivity (Wildman–Crippen MR) is 96.8 cm³/mol. The third kappa shape index (κ3) is 3.53. The summed E-state index contributed by atoms with van der Waals surface area (Å²) in [5.41, 5.74) is 3.21. The molecule has 3 atom stereocenters. The van der Waals surface area contributed by atoms with Crippen LogP contribution in [-0.2, 0) is 10.4 Å². The van der Waals surface area contributed by atoms with Gasteiger partial charge >= 0.3 is 12.1 Å². The molecular formula is C19H20F3N3O4. The second kappa shape index (κ2) is 7.27. The maximum Gasteiger partial charge on any atom is 0.423 e. The third-order valence-electron chi connectivity index (χ3n) is 5.46. The first-order valence-corrected chi connectivity index (χ1v) is 8.86. The molecule has 0 spiro atoms. The number of nitrogens with zero attached hydrogens (tertiary/aromatic N) is 2. The normalized spacial score (nSPS) is 21.3. The van der Waals surface area contributed by atoms with E-state index in [1.54, 1.807) is 6.92 Å². The Balaban J connectivity index is 2.08. The molecule has 0 radical (unpaired) electrons. The molecule has 3 unspecified atom stereocenters. The van der Waals surface area contributed by atoms with Crippen LogP contribution < -0.4 is 5.73 Å². The van der Waals surface area contributed by atoms with E-state index in [1.165, 1.54) is 12.3 Å². The Bertz CT molecular complexity index is 951. The summed E-state index contributed by atoms with van der Waals surface area (Å²) in [6.07, 6.45) is -2.76. The quantitative estimate of drug-likeness (QED) is 0.594. The topological polar surface area (TPSA) is 130 Å². The number of carbonyl (C=O) groups is 1. The van der Waals surface area contributed by atoms with Crippen LogP contribution in [0.15, 0.2) is 24.4 Å². The number of rotatable bonds is 5. The molecule has 0 saturated heterocycles. The number of aliphatic carboxylic acids is 1. The minimum absolute atomic E-state index is 0.0701. The Morgan fingerprint density at radius 2 is 2.00 bits per heavy atom. The van der Waals surface area contributed by atoms with Crippen LogP contribution in [0.25, 0.3) is 11.3 Å². The summed E-state index contributed by atoms with van der Waals surface area (Å²) in [4.78, 5) is 19.8. The van der Waals surface area contributed by atoms with Gasteiger partial charge < -0.3 is 21.1 Å². The summed E-state index contributed by atoms with van der Waals surface area (Å²) >= 11 is 0. The molecule has 0 bridgehead atoms. The molecule has 0 amide bonds. The van der Waals surface area contributed by atoms with Gasteiger partial charge in [-0.3, -0.25) is 4.79 Å². The SMILES string of the molecule is Cc1ccc(C(O)(CO)C(F)(F)F)cc1-c1cnc(N)c(C2CCC2C(=O)O)n1. The molecule has 1 saturated carbocycles. The molecule has 3 rings (SSSR count). The van der Waals surface area contributed by atoms with Gasteiger partial charge in [-0.1, -0.05) is 12.1 Å². The highest BCUT2D eigenvalue weighted by Crippen LogP contribution is 2.44. The zero-order valence-electron chi connectivity index (χ0n) is 15.4. The minimum atomic E-state index is -5.09. The second-order valence-corrected chi connectivity index (χ2v) is 7.20. The molecule has 1 aromatic heterocycles. The van der Waals surface area contributed by atoms with Gasteiger partial charge in [0, 0.05) is 11.5 Å². The lowest BCUT2D eigenvalue weighted by Crippen LogP contribution is -2.45. The Morgan fingerprint density at radius 1 is 1.31 bits per heavy atom. The monoisotopic (exact) mass is 411 g/mol. The van der Waals surface area contributed by atoms with Gasteiger partial charge in [-0.25, -0.2) is 9.97 Å². The van der Waals surface area contributed by atoms with Crippen LogP contribution in [-0.4, -0.2) is 44.0 Å². The maximum absolute atomic E-state index is 13.3. The number of anilines is 1. The molecule has 29 heavy (non-hydrogen) atoms. The second-order valence-electron chi connectivity index (χ2n) is 7.20. The predicted octanol–water partition coefficient (Wildman–Crippen LogP) is 2.35. The number of carboxylic acids is 1. The number of aliphatic hydroxyl groups excluding tert-OH is 1. The van der Waals surface area contributed by atoms with Gasteiger partial charge in [0.1, 0.15) is 5.82 Å². The molecule has 156 valence electrons. The van der Waals surface area contributed by atoms with E-state index in [-0.39, 0.29) is 17.1 Å². The Morgan fingerprint density at radius 3 is 2.52 bits per heavy atom. The molecule has 7 nitrogen and oxygen atoms in total. The summed E-state index contributed by atoms with van der Waals surface area (Å²) in [5, 5.41) is 28.5. The van der Waals surface area contributed by atoms with E-state index in [1.807, 2.05) is 0 Å². The van der Waals surface area contributed by atoms with Gasteiger partial charge in [0.2, 0.25) is 5.60 Å². The zero-order valence-corrected chi connectivity index (χ0v) is 15.4. The number of aromatic nitrogens is 2. The summed E-state index contributed by atoms with van der Waals surface area (Å²) in [6, 6.07) is 3.55. The van der Waals surface area contributed by atoms with Crippen molar-refractivity contribution in [3.63, 3.8) is 0 Å². The van der Waals surface area contributed by atoms with Crippen LogP contribution in [0.4, 0.5) is 19.0 Å². The highest BCUT2D eigenvalue weighted by Gasteiger charge is 2.54. The number of nitrogen functional groups attached to an aromatic ring is 1. The number of halogens is 3. The van der Waals surface area contributed by atoms with E-state index < -0.39 is 41.8 Å². The van der Waals surface area contributed by atoms with Crippen LogP contribution in [0.3, 0.4) is 0 Å². The summed E-state index contributed by atoms with van der Waals surface area (Å²) in [7, 11) is 0. The van der Waals surface area contributed by atoms with Crippen molar-refractivity contribution >= 4 is 11.8 Å². The number of aliphatic hydroxyl groups is 2. The molecule has 1 heterocycles. The first-order valence-electron chi connectivity index (χ1n) is 8.86. The average molecular weight is 411 g/mol. The van der Waals surface area contributed by atoms with Crippen molar-refractivity contribution in [1.29, 1.82) is 0 Å². The minimum Gasteiger partial charge on any atom is -0.481 e. The number of aryl methyl sites for hydroxylation is 1. The number of alkyl halides is 3. The van der Waals surface area contributed by atoms with Crippen LogP contribution >= 0.6 is 0 Å². The van der Waals surface area contributed by atoms with Crippen LogP contribution in [0.2, 0.25) is 0 Å². The first kappa shape index (κ1) is 21.0. The molecule has 2 aromatic rings. The largest absolute Gasteiger partial charge is 0.481 e. The zero-order chi connectivity index (χ0) is 21.6. The van der Waals surface area contributed by atoms with Crippen molar-refractivity contribution in [2.45, 2.75) is 37.5 Å². The van der Waals surface area contributed by atoms with E-state index in [2.05, 4.69) is 9.97 Å². The Labute approximate surface area is 164 Å². The van der Waals surface area contributed by atoms with Crippen LogP contribution in [0, 0.1) is 12.8 Å². The highest BCUT2D eigenvalue weighted by atomic mass is 19.4. The number of hydrogen-bond acceptors (Lipinski definition) is 6. The number of nitrogens with two attached hydrogens (primary N) is 1. The average Bonchev–Trinajstić information content (AvgIpc) is 2.61. The lowest BCUT2D eigenvalue weighted by Gasteiger charge is -2.33. The number of hydrogen-bond donors (Lipinski definition) is 4. The van der Waals surface area contributed by atoms with E-state index in [9.17, 15) is 33.3 Å². The molecule has 1 fully saturated rings. The van der Waals surface area contributed by atoms with E-state index in [4.69, 9.17) is 5.73 Å². The first-order chi connectivity index (χ1) is 13.5. The van der Waals surface area contributed by atoms with Crippen molar-refractivity contribution in [3.05, 3.63) is 41.2 Å². The fraction of sp³-hybridized carbons (Fsp3) is 0.421. The Kier molecular flexibility index (Phi) is 5.26. The van der Waals surface area contributed by atoms with Gasteiger partial charge in [-0.15, -0.1) is 0 Å². The van der Waals surface area contributed by atoms with Crippen LogP contribution in [0.5, 0.6) is 0 Å². The van der Waals surface area contributed by atoms with Crippen molar-refractivity contribution in [1.82, 2.24) is 9.97 Å². The van der Waals surface area contributed by atoms with Crippen molar-refractivity contribution < 1.29 is 33.3 Å². The van der Waals surface area contributed by atoms with Gasteiger partial charge in [-0.2, -0.15) is 13.2 Å². The van der Waals surface area contributed by atoms with Crippen molar-refractivity contribution in [3.8, 4) is 11.3 Å². The van der Waals surface area contributed by atoms with Crippen molar-refractivity contribution in [2.24, 2.45) is 5.92 Å². The molecule has 1 aromatic carbocycles. The molecule has 1 aliphatic carbocycles. The fourth-order valence-electron chi connectivity index (χ4n) is 3.44. The van der Waals surface area contributed by atoms with Crippen LogP contribution in [0.1, 0.15) is 35.6 Å². The standard InChI is InChI=1S/C19H20F3N3O4/c1-9-2-3-10(18(29,8-26)19(20,21)22)6-13(9)14-7-24-16(23)15(25-14)11-4-5-12(11)17(27)28/h2-3,6-7,11-12,26,29H,4-5,8H2,1H3,(H2,23,24)(H,27,28). The van der Waals surface area contributed by atoms with Gasteiger partial charge in [0.05, 0.1) is 30.1 Å². The summed E-state index contributed by atoms with van der Waals surface area (Å²) in [6.45, 7) is 0.103. The van der Waals surface area contributed by atoms with Gasteiger partial charge in [0.15, 0.2) is 0 Å². The lowest BCUT2D eigenvalue weighted by atomic mass is 9.71. The third-order valence-corrected chi connectivity index (χ3v) is 5.46. The molecular weight excluding hydrogens is 391 g/mol. The summed E-state index contributed by atoms with van der Waals surface area (Å²) < 4.78 is 39.9. The maximum atomic E-state index is 13.3. The molecule has 1 aliphatic rings. The Hall–Kier alpha value is -2.72. The molecule has 0 aliphatic heterocycles. The van der Waals surface area contributed by atoms with E-state index >= 15 is 0 Å². The van der Waals surface area contributed by atoms with Crippen molar-refractivity contribution in [2.75, 3.05) is 12.3 Å². The van der Waals surface area contributed by atoms with Gasteiger partial charge in [-0.05, 0) is 37.0 Å². The van der Waals surface area contributed by atoms with E-state index in [0.29, 0.717) is 24.1 Å². The van der Waals surface area contributed by atoms with E-state index in [0.717, 1.165) is 12.1 Å². The lowest BCUT2D eigenvalue weighted by molar-refractivity contribution is -0.277. The molecule has 5 N–H and O–H groups in total.